The molecular weight excluding hydrogens is 862 g/mol. The van der Waals surface area contributed by atoms with Crippen molar-refractivity contribution in [1.29, 1.82) is 0 Å². The summed E-state index contributed by atoms with van der Waals surface area (Å²) < 4.78 is 7.62. The van der Waals surface area contributed by atoms with Crippen molar-refractivity contribution in [3.8, 4) is 44.3 Å². The Balaban J connectivity index is 0.00000413. The first-order valence-corrected chi connectivity index (χ1v) is 18.6. The fraction of sp³-hybridized carbons (Fsp3) is 0.0833. The molecule has 9 rings (SSSR count). The molecule has 0 N–H and O–H groups in total. The first-order chi connectivity index (χ1) is 25.9. The van der Waals surface area contributed by atoms with Crippen molar-refractivity contribution < 1.29 is 25.8 Å². The minimum atomic E-state index is 0. The van der Waals surface area contributed by atoms with E-state index in [1.165, 1.54) is 5.56 Å². The molecule has 0 unspecified atom stereocenters. The van der Waals surface area contributed by atoms with E-state index >= 15 is 0 Å². The van der Waals surface area contributed by atoms with Crippen LogP contribution in [0.1, 0.15) is 26.3 Å². The second kappa shape index (κ2) is 14.7. The van der Waals surface area contributed by atoms with E-state index in [1.54, 1.807) is 11.3 Å². The average Bonchev–Trinajstić information content (AvgIpc) is 3.79. The number of fused-ring (bicyclic) bond motifs is 2. The molecule has 2 aromatic heterocycles. The SMILES string of the molecule is CC(C)(C)c1ccnc(-c2cccc3sc(Oc4[c-]c(N5[CH-]N(c6c(-c7ccccc7)cccc6-c6ccccc6)c6ccccc65)ccc4)[c-]c23)c1.[Pt]. The number of hydrogen-bond acceptors (Lipinski definition) is 5. The minimum Gasteiger partial charge on any atom is -0.493 e. The van der Waals surface area contributed by atoms with Gasteiger partial charge in [0.05, 0.1) is 0 Å². The first-order valence-electron chi connectivity index (χ1n) is 17.8. The Kier molecular flexibility index (Phi) is 9.70. The van der Waals surface area contributed by atoms with Gasteiger partial charge in [-0.3, -0.25) is 4.98 Å². The zero-order valence-electron chi connectivity index (χ0n) is 30.1. The number of ether oxygens (including phenoxy) is 1. The molecule has 0 amide bonds. The number of thiophene rings is 1. The van der Waals surface area contributed by atoms with Crippen LogP contribution in [0.15, 0.2) is 158 Å². The standard InChI is InChI=1S/C48H36N3OS.Pt/c1-48(2,3)35-27-28-49-42(29-35)40-23-14-26-45-41(40)31-46(53-45)52-37-20-12-19-36(30-37)50-32-51(44-25-11-10-24-43(44)50)47-38(33-15-6-4-7-16-33)21-13-22-39(47)34-17-8-5-9-18-34;/h4-29,32H,1-3H3;/q-3;. The monoisotopic (exact) mass is 897 g/mol. The van der Waals surface area contributed by atoms with Crippen LogP contribution in [0.25, 0.3) is 43.6 Å². The van der Waals surface area contributed by atoms with Crippen LogP contribution in [0.2, 0.25) is 0 Å². The van der Waals surface area contributed by atoms with E-state index in [-0.39, 0.29) is 26.5 Å². The zero-order chi connectivity index (χ0) is 35.9. The third kappa shape index (κ3) is 6.75. The number of rotatable bonds is 7. The van der Waals surface area contributed by atoms with Gasteiger partial charge in [0.25, 0.3) is 0 Å². The number of aromatic nitrogens is 1. The van der Waals surface area contributed by atoms with Crippen molar-refractivity contribution in [2.75, 3.05) is 9.80 Å². The maximum atomic E-state index is 6.52. The van der Waals surface area contributed by atoms with E-state index in [0.29, 0.717) is 10.8 Å². The van der Waals surface area contributed by atoms with Gasteiger partial charge >= 0.3 is 0 Å². The quantitative estimate of drug-likeness (QED) is 0.149. The second-order valence-corrected chi connectivity index (χ2v) is 15.2. The largest absolute Gasteiger partial charge is 0.493 e. The van der Waals surface area contributed by atoms with Crippen LogP contribution in [0.5, 0.6) is 10.8 Å². The summed E-state index contributed by atoms with van der Waals surface area (Å²) in [6.45, 7) is 8.84. The van der Waals surface area contributed by atoms with Gasteiger partial charge in [-0.15, -0.1) is 54.3 Å². The molecule has 0 saturated heterocycles. The molecule has 3 heterocycles. The summed E-state index contributed by atoms with van der Waals surface area (Å²) in [4.78, 5) is 9.24. The number of pyridine rings is 1. The Labute approximate surface area is 335 Å². The topological polar surface area (TPSA) is 28.6 Å². The van der Waals surface area contributed by atoms with Crippen molar-refractivity contribution in [3.05, 3.63) is 182 Å². The normalized spacial score (nSPS) is 12.4. The first kappa shape index (κ1) is 35.5. The molecule has 0 fully saturated rings. The molecule has 0 saturated carbocycles. The van der Waals surface area contributed by atoms with Crippen LogP contribution in [0, 0.1) is 18.8 Å². The van der Waals surface area contributed by atoms with E-state index in [2.05, 4.69) is 189 Å². The van der Waals surface area contributed by atoms with Crippen molar-refractivity contribution in [2.45, 2.75) is 26.2 Å². The molecule has 8 aromatic rings. The van der Waals surface area contributed by atoms with E-state index in [4.69, 9.17) is 9.72 Å². The molecule has 0 spiro atoms. The van der Waals surface area contributed by atoms with Crippen molar-refractivity contribution >= 4 is 44.2 Å². The summed E-state index contributed by atoms with van der Waals surface area (Å²) >= 11 is 1.58. The number of nitrogens with zero attached hydrogens (tertiary/aromatic N) is 3. The molecule has 0 atom stereocenters. The van der Waals surface area contributed by atoms with Crippen molar-refractivity contribution in [1.82, 2.24) is 4.98 Å². The van der Waals surface area contributed by atoms with E-state index in [9.17, 15) is 0 Å². The molecule has 54 heavy (non-hydrogen) atoms. The molecule has 268 valence electrons. The third-order valence-electron chi connectivity index (χ3n) is 9.65. The van der Waals surface area contributed by atoms with Crippen LogP contribution in [-0.2, 0) is 26.5 Å². The average molecular weight is 898 g/mol. The fourth-order valence-corrected chi connectivity index (χ4v) is 7.89. The fourth-order valence-electron chi connectivity index (χ4n) is 7.00. The molecule has 6 heteroatoms. The van der Waals surface area contributed by atoms with Crippen molar-refractivity contribution in [2.24, 2.45) is 0 Å². The molecule has 0 radical (unpaired) electrons. The minimum absolute atomic E-state index is 0. The van der Waals surface area contributed by atoms with Gasteiger partial charge in [-0.1, -0.05) is 123 Å². The van der Waals surface area contributed by atoms with Gasteiger partial charge in [0.15, 0.2) is 0 Å². The third-order valence-corrected chi connectivity index (χ3v) is 10.6. The van der Waals surface area contributed by atoms with Gasteiger partial charge in [0.1, 0.15) is 5.06 Å². The second-order valence-electron chi connectivity index (χ2n) is 14.2. The van der Waals surface area contributed by atoms with Gasteiger partial charge in [-0.25, -0.2) is 0 Å². The molecule has 6 aromatic carbocycles. The van der Waals surface area contributed by atoms with E-state index < -0.39 is 0 Å². The number of anilines is 4. The van der Waals surface area contributed by atoms with Crippen molar-refractivity contribution in [3.63, 3.8) is 0 Å². The van der Waals surface area contributed by atoms with Gasteiger partial charge < -0.3 is 14.5 Å². The Hall–Kier alpha value is -5.48. The Bertz CT molecular complexity index is 2520. The van der Waals surface area contributed by atoms with Crippen LogP contribution in [-0.4, -0.2) is 4.98 Å². The maximum absolute atomic E-state index is 6.52. The predicted molar refractivity (Wildman–Crippen MR) is 220 cm³/mol. The molecule has 0 aliphatic carbocycles. The van der Waals surface area contributed by atoms with Gasteiger partial charge in [-0.05, 0) is 46.4 Å². The summed E-state index contributed by atoms with van der Waals surface area (Å²) in [7, 11) is 0. The Morgan fingerprint density at radius 1 is 0.630 bits per heavy atom. The van der Waals surface area contributed by atoms with Gasteiger partial charge in [0.2, 0.25) is 0 Å². The Morgan fingerprint density at radius 2 is 1.24 bits per heavy atom. The summed E-state index contributed by atoms with van der Waals surface area (Å²) in [5.74, 6) is 0.624. The number of benzene rings is 6. The van der Waals surface area contributed by atoms with Crippen LogP contribution in [0.4, 0.5) is 22.7 Å². The summed E-state index contributed by atoms with van der Waals surface area (Å²) in [5, 5.41) is 1.69. The predicted octanol–water partition coefficient (Wildman–Crippen LogP) is 13.4. The molecule has 0 bridgehead atoms. The van der Waals surface area contributed by atoms with Gasteiger partial charge in [0, 0.05) is 66.9 Å². The summed E-state index contributed by atoms with van der Waals surface area (Å²) in [5.41, 5.74) is 12.0. The smallest absolute Gasteiger partial charge is 0.107 e. The van der Waals surface area contributed by atoms with Crippen LogP contribution >= 0.6 is 11.3 Å². The van der Waals surface area contributed by atoms with E-state index in [0.717, 1.165) is 66.3 Å². The molecule has 1 aliphatic rings. The Morgan fingerprint density at radius 3 is 1.93 bits per heavy atom. The summed E-state index contributed by atoms with van der Waals surface area (Å²) in [6.07, 6.45) is 1.90. The zero-order valence-corrected chi connectivity index (χ0v) is 33.2. The van der Waals surface area contributed by atoms with Gasteiger partial charge in [-0.2, -0.15) is 22.8 Å². The summed E-state index contributed by atoms with van der Waals surface area (Å²) in [6, 6.07) is 60.1. The molecule has 4 nitrogen and oxygen atoms in total. The number of para-hydroxylation sites is 3. The van der Waals surface area contributed by atoms with E-state index in [1.807, 2.05) is 18.3 Å². The van der Waals surface area contributed by atoms with Crippen LogP contribution in [0.3, 0.4) is 0 Å². The maximum Gasteiger partial charge on any atom is 0.107 e. The molecule has 1 aliphatic heterocycles. The number of hydrogen-bond donors (Lipinski definition) is 0. The molecular formula is C48H36N3OPtS-3. The van der Waals surface area contributed by atoms with Crippen LogP contribution < -0.4 is 14.5 Å².